The Morgan fingerprint density at radius 3 is 2.12 bits per heavy atom. The van der Waals surface area contributed by atoms with Crippen molar-refractivity contribution < 1.29 is 9.59 Å². The number of carbonyl (C=O) groups excluding carboxylic acids is 2. The van der Waals surface area contributed by atoms with E-state index >= 15 is 0 Å². The number of anilines is 1. The summed E-state index contributed by atoms with van der Waals surface area (Å²) in [7, 11) is 4.01. The van der Waals surface area contributed by atoms with Crippen molar-refractivity contribution in [2.45, 2.75) is 40.0 Å². The van der Waals surface area contributed by atoms with Crippen molar-refractivity contribution in [1.29, 1.82) is 0 Å². The Morgan fingerprint density at radius 1 is 1.08 bits per heavy atom. The molecule has 0 bridgehead atoms. The van der Waals surface area contributed by atoms with E-state index < -0.39 is 0 Å². The SMILES string of the molecule is CCc1cccc(CC)c1N(CC(=O)NCCCN(C)C)C(C)=O. The maximum absolute atomic E-state index is 12.3. The van der Waals surface area contributed by atoms with Gasteiger partial charge in [0.05, 0.1) is 5.69 Å². The maximum Gasteiger partial charge on any atom is 0.240 e. The molecule has 0 unspecified atom stereocenters. The third kappa shape index (κ3) is 5.96. The molecule has 24 heavy (non-hydrogen) atoms. The van der Waals surface area contributed by atoms with Crippen LogP contribution in [0.5, 0.6) is 0 Å². The second-order valence-corrected chi connectivity index (χ2v) is 6.24. The predicted octanol–water partition coefficient (Wildman–Crippen LogP) is 2.23. The quantitative estimate of drug-likeness (QED) is 0.705. The van der Waals surface area contributed by atoms with Crippen molar-refractivity contribution in [1.82, 2.24) is 10.2 Å². The molecule has 2 amide bonds. The summed E-state index contributed by atoms with van der Waals surface area (Å²) in [6, 6.07) is 6.07. The van der Waals surface area contributed by atoms with E-state index in [1.807, 2.05) is 32.3 Å². The molecule has 0 aliphatic carbocycles. The second kappa shape index (κ2) is 10.1. The number of nitrogens with one attached hydrogen (secondary N) is 1. The summed E-state index contributed by atoms with van der Waals surface area (Å²) in [6.45, 7) is 7.27. The van der Waals surface area contributed by atoms with Crippen LogP contribution in [-0.2, 0) is 22.4 Å². The van der Waals surface area contributed by atoms with Gasteiger partial charge in [0.15, 0.2) is 0 Å². The molecule has 5 nitrogen and oxygen atoms in total. The average molecular weight is 333 g/mol. The lowest BCUT2D eigenvalue weighted by Crippen LogP contribution is -2.41. The number of benzene rings is 1. The molecule has 0 saturated carbocycles. The van der Waals surface area contributed by atoms with E-state index in [1.54, 1.807) is 4.90 Å². The Bertz CT molecular complexity index is 533. The zero-order chi connectivity index (χ0) is 18.1. The van der Waals surface area contributed by atoms with Gasteiger partial charge >= 0.3 is 0 Å². The van der Waals surface area contributed by atoms with Crippen molar-refractivity contribution in [2.75, 3.05) is 38.6 Å². The van der Waals surface area contributed by atoms with E-state index in [0.717, 1.165) is 42.6 Å². The third-order valence-corrected chi connectivity index (χ3v) is 4.02. The van der Waals surface area contributed by atoms with Gasteiger partial charge in [0.1, 0.15) is 6.54 Å². The number of para-hydroxylation sites is 1. The Hall–Kier alpha value is -1.88. The first-order valence-electron chi connectivity index (χ1n) is 8.70. The molecule has 1 aromatic carbocycles. The molecule has 1 aromatic rings. The molecule has 0 spiro atoms. The molecule has 0 atom stereocenters. The molecular weight excluding hydrogens is 302 g/mol. The van der Waals surface area contributed by atoms with Crippen LogP contribution in [0.2, 0.25) is 0 Å². The van der Waals surface area contributed by atoms with Crippen LogP contribution in [0.15, 0.2) is 18.2 Å². The van der Waals surface area contributed by atoms with Gasteiger partial charge in [-0.15, -0.1) is 0 Å². The molecule has 0 saturated heterocycles. The maximum atomic E-state index is 12.3. The smallest absolute Gasteiger partial charge is 0.240 e. The first kappa shape index (κ1) is 20.2. The van der Waals surface area contributed by atoms with E-state index in [4.69, 9.17) is 0 Å². The van der Waals surface area contributed by atoms with Crippen LogP contribution in [0.3, 0.4) is 0 Å². The fraction of sp³-hybridized carbons (Fsp3) is 0.579. The lowest BCUT2D eigenvalue weighted by atomic mass is 10.0. The highest BCUT2D eigenvalue weighted by Gasteiger charge is 2.20. The first-order valence-corrected chi connectivity index (χ1v) is 8.70. The van der Waals surface area contributed by atoms with Crippen LogP contribution in [0.1, 0.15) is 38.3 Å². The second-order valence-electron chi connectivity index (χ2n) is 6.24. The molecule has 134 valence electrons. The zero-order valence-corrected chi connectivity index (χ0v) is 15.7. The Labute approximate surface area is 146 Å². The fourth-order valence-electron chi connectivity index (χ4n) is 2.73. The van der Waals surface area contributed by atoms with Gasteiger partial charge in [0, 0.05) is 13.5 Å². The number of aryl methyl sites for hydroxylation is 2. The largest absolute Gasteiger partial charge is 0.355 e. The topological polar surface area (TPSA) is 52.7 Å². The summed E-state index contributed by atoms with van der Waals surface area (Å²) in [5.41, 5.74) is 3.10. The molecule has 0 aliphatic heterocycles. The fourth-order valence-corrected chi connectivity index (χ4v) is 2.73. The molecule has 0 radical (unpaired) electrons. The first-order chi connectivity index (χ1) is 11.4. The van der Waals surface area contributed by atoms with E-state index in [-0.39, 0.29) is 18.4 Å². The van der Waals surface area contributed by atoms with E-state index in [0.29, 0.717) is 6.54 Å². The molecule has 5 heteroatoms. The van der Waals surface area contributed by atoms with Gasteiger partial charge in [0.25, 0.3) is 0 Å². The zero-order valence-electron chi connectivity index (χ0n) is 15.7. The predicted molar refractivity (Wildman–Crippen MR) is 99.4 cm³/mol. The number of amides is 2. The van der Waals surface area contributed by atoms with Crippen LogP contribution >= 0.6 is 0 Å². The molecule has 0 heterocycles. The van der Waals surface area contributed by atoms with Crippen LogP contribution in [-0.4, -0.2) is 50.4 Å². The van der Waals surface area contributed by atoms with Gasteiger partial charge in [0.2, 0.25) is 11.8 Å². The number of hydrogen-bond acceptors (Lipinski definition) is 3. The minimum absolute atomic E-state index is 0.0707. The highest BCUT2D eigenvalue weighted by molar-refractivity contribution is 5.98. The lowest BCUT2D eigenvalue weighted by Gasteiger charge is -2.26. The highest BCUT2D eigenvalue weighted by Crippen LogP contribution is 2.27. The minimum Gasteiger partial charge on any atom is -0.355 e. The summed E-state index contributed by atoms with van der Waals surface area (Å²) in [6.07, 6.45) is 2.55. The van der Waals surface area contributed by atoms with E-state index in [1.165, 1.54) is 6.92 Å². The Morgan fingerprint density at radius 2 is 1.67 bits per heavy atom. The van der Waals surface area contributed by atoms with Gasteiger partial charge in [-0.3, -0.25) is 9.59 Å². The van der Waals surface area contributed by atoms with E-state index in [9.17, 15) is 9.59 Å². The van der Waals surface area contributed by atoms with Crippen LogP contribution in [0.25, 0.3) is 0 Å². The third-order valence-electron chi connectivity index (χ3n) is 4.02. The molecule has 0 aliphatic rings. The Balaban J connectivity index is 2.85. The van der Waals surface area contributed by atoms with E-state index in [2.05, 4.69) is 24.1 Å². The summed E-state index contributed by atoms with van der Waals surface area (Å²) in [5, 5.41) is 2.91. The molecule has 1 N–H and O–H groups in total. The monoisotopic (exact) mass is 333 g/mol. The number of hydrogen-bond donors (Lipinski definition) is 1. The number of carbonyl (C=O) groups is 2. The van der Waals surface area contributed by atoms with Gasteiger partial charge in [-0.05, 0) is 51.0 Å². The minimum atomic E-state index is -0.114. The van der Waals surface area contributed by atoms with Gasteiger partial charge in [-0.25, -0.2) is 0 Å². The van der Waals surface area contributed by atoms with Crippen molar-refractivity contribution in [3.05, 3.63) is 29.3 Å². The van der Waals surface area contributed by atoms with Crippen molar-refractivity contribution in [2.24, 2.45) is 0 Å². The number of rotatable bonds is 9. The van der Waals surface area contributed by atoms with Crippen molar-refractivity contribution in [3.8, 4) is 0 Å². The van der Waals surface area contributed by atoms with Gasteiger partial charge in [-0.2, -0.15) is 0 Å². The lowest BCUT2D eigenvalue weighted by molar-refractivity contribution is -0.123. The summed E-state index contributed by atoms with van der Waals surface area (Å²) < 4.78 is 0. The Kier molecular flexibility index (Phi) is 8.47. The van der Waals surface area contributed by atoms with Gasteiger partial charge < -0.3 is 15.1 Å². The number of nitrogens with zero attached hydrogens (tertiary/aromatic N) is 2. The molecule has 0 fully saturated rings. The summed E-state index contributed by atoms with van der Waals surface area (Å²) >= 11 is 0. The van der Waals surface area contributed by atoms with Crippen LogP contribution < -0.4 is 10.2 Å². The van der Waals surface area contributed by atoms with Crippen molar-refractivity contribution >= 4 is 17.5 Å². The normalized spacial score (nSPS) is 10.8. The van der Waals surface area contributed by atoms with Gasteiger partial charge in [-0.1, -0.05) is 32.0 Å². The standard InChI is InChI=1S/C19H31N3O2/c1-6-16-10-8-11-17(7-2)19(16)22(15(3)23)14-18(24)20-12-9-13-21(4)5/h8,10-11H,6-7,9,12-14H2,1-5H3,(H,20,24). The summed E-state index contributed by atoms with van der Waals surface area (Å²) in [5.74, 6) is -0.217. The van der Waals surface area contributed by atoms with Crippen molar-refractivity contribution in [3.63, 3.8) is 0 Å². The molecule has 0 aromatic heterocycles. The van der Waals surface area contributed by atoms with Crippen LogP contribution in [0.4, 0.5) is 5.69 Å². The molecular formula is C19H31N3O2. The van der Waals surface area contributed by atoms with Crippen LogP contribution in [0, 0.1) is 0 Å². The molecule has 1 rings (SSSR count). The highest BCUT2D eigenvalue weighted by atomic mass is 16.2. The average Bonchev–Trinajstić information content (AvgIpc) is 2.55. The summed E-state index contributed by atoms with van der Waals surface area (Å²) in [4.78, 5) is 28.1.